The Morgan fingerprint density at radius 2 is 0.625 bits per heavy atom. The molecule has 0 saturated carbocycles. The van der Waals surface area contributed by atoms with Gasteiger partial charge >= 0.3 is 0 Å². The van der Waals surface area contributed by atoms with Crippen molar-refractivity contribution < 1.29 is 0 Å². The maximum Gasteiger partial charge on any atom is 0.0543 e. The molecule has 0 spiro atoms. The lowest BCUT2D eigenvalue weighted by molar-refractivity contribution is 0.875. The lowest BCUT2D eigenvalue weighted by Gasteiger charge is -2.33. The number of rotatable bonds is 10. The Balaban J connectivity index is 1.32. The second kappa shape index (κ2) is 16.5. The van der Waals surface area contributed by atoms with Gasteiger partial charge in [-0.25, -0.2) is 0 Å². The molecular formula is C62H56N2. The molecule has 0 N–H and O–H groups in total. The first-order valence-corrected chi connectivity index (χ1v) is 22.9. The number of hydrogen-bond acceptors (Lipinski definition) is 2. The molecule has 10 aromatic rings. The second-order valence-corrected chi connectivity index (χ2v) is 18.3. The largest absolute Gasteiger partial charge is 0.309 e. The molecule has 2 heteroatoms. The standard InChI is InChI=1S/C62H56N2/c1-39(2)53-37-59(63(55-25-17-15-19-41(55)5)57-35-47(29-27-43(57)7)45-21-11-9-12-22-45)51-34-32-50-54(40(3)4)38-60(52-33-31-49(53)61(51)62(50)52)64(56-26-18-16-20-42(56)6)58-36-48(30-28-44(58)8)46-23-13-10-14-24-46/h9-40H,1-8H3. The van der Waals surface area contributed by atoms with Crippen LogP contribution < -0.4 is 9.80 Å². The Labute approximate surface area is 379 Å². The zero-order chi connectivity index (χ0) is 44.2. The normalized spacial score (nSPS) is 11.7. The van der Waals surface area contributed by atoms with E-state index >= 15 is 0 Å². The summed E-state index contributed by atoms with van der Waals surface area (Å²) in [5, 5.41) is 7.80. The fourth-order valence-electron chi connectivity index (χ4n) is 10.1. The Morgan fingerprint density at radius 3 is 1.00 bits per heavy atom. The third-order valence-corrected chi connectivity index (χ3v) is 13.5. The predicted molar refractivity (Wildman–Crippen MR) is 278 cm³/mol. The van der Waals surface area contributed by atoms with Gasteiger partial charge < -0.3 is 9.80 Å². The lowest BCUT2D eigenvalue weighted by Crippen LogP contribution is -2.15. The number of nitrogens with zero attached hydrogens (tertiary/aromatic N) is 2. The first-order valence-electron chi connectivity index (χ1n) is 22.9. The highest BCUT2D eigenvalue weighted by Crippen LogP contribution is 2.52. The Morgan fingerprint density at radius 1 is 0.281 bits per heavy atom. The fourth-order valence-corrected chi connectivity index (χ4v) is 10.1. The van der Waals surface area contributed by atoms with Crippen molar-refractivity contribution >= 4 is 66.4 Å². The van der Waals surface area contributed by atoms with Gasteiger partial charge in [-0.3, -0.25) is 0 Å². The van der Waals surface area contributed by atoms with Crippen molar-refractivity contribution in [1.82, 2.24) is 0 Å². The third-order valence-electron chi connectivity index (χ3n) is 13.5. The van der Waals surface area contributed by atoms with Crippen molar-refractivity contribution in [3.05, 3.63) is 215 Å². The Hall–Kier alpha value is -7.16. The summed E-state index contributed by atoms with van der Waals surface area (Å²) in [6.07, 6.45) is 0. The minimum atomic E-state index is 0.287. The Kier molecular flexibility index (Phi) is 10.6. The van der Waals surface area contributed by atoms with E-state index in [0.29, 0.717) is 0 Å². The van der Waals surface area contributed by atoms with Gasteiger partial charge in [0.2, 0.25) is 0 Å². The first-order chi connectivity index (χ1) is 31.1. The van der Waals surface area contributed by atoms with Crippen LogP contribution in [0.15, 0.2) is 182 Å². The molecule has 0 saturated heterocycles. The molecule has 314 valence electrons. The molecule has 0 aromatic heterocycles. The van der Waals surface area contributed by atoms with Gasteiger partial charge in [-0.15, -0.1) is 0 Å². The van der Waals surface area contributed by atoms with Crippen molar-refractivity contribution in [2.75, 3.05) is 9.80 Å². The lowest BCUT2D eigenvalue weighted by atomic mass is 9.83. The van der Waals surface area contributed by atoms with Gasteiger partial charge in [0.25, 0.3) is 0 Å². The van der Waals surface area contributed by atoms with Gasteiger partial charge in [-0.2, -0.15) is 0 Å². The highest BCUT2D eigenvalue weighted by molar-refractivity contribution is 6.29. The van der Waals surface area contributed by atoms with E-state index in [0.717, 1.165) is 0 Å². The molecule has 0 heterocycles. The molecule has 0 amide bonds. The van der Waals surface area contributed by atoms with E-state index in [1.54, 1.807) is 0 Å². The molecule has 0 bridgehead atoms. The summed E-state index contributed by atoms with van der Waals surface area (Å²) in [7, 11) is 0. The molecule has 0 atom stereocenters. The third kappa shape index (κ3) is 6.99. The quantitative estimate of drug-likeness (QED) is 0.127. The van der Waals surface area contributed by atoms with E-state index in [-0.39, 0.29) is 11.8 Å². The first kappa shape index (κ1) is 40.9. The number of hydrogen-bond donors (Lipinski definition) is 0. The summed E-state index contributed by atoms with van der Waals surface area (Å²) < 4.78 is 0. The zero-order valence-corrected chi connectivity index (χ0v) is 38.4. The minimum Gasteiger partial charge on any atom is -0.309 e. The molecule has 0 aliphatic rings. The monoisotopic (exact) mass is 828 g/mol. The maximum absolute atomic E-state index is 2.55. The fraction of sp³-hybridized carbons (Fsp3) is 0.161. The molecule has 0 radical (unpaired) electrons. The molecule has 10 aromatic carbocycles. The summed E-state index contributed by atoms with van der Waals surface area (Å²) in [5.74, 6) is 0.573. The van der Waals surface area contributed by atoms with Crippen LogP contribution in [0.2, 0.25) is 0 Å². The van der Waals surface area contributed by atoms with E-state index < -0.39 is 0 Å². The van der Waals surface area contributed by atoms with E-state index in [2.05, 4.69) is 247 Å². The van der Waals surface area contributed by atoms with Crippen LogP contribution in [0.4, 0.5) is 34.1 Å². The summed E-state index contributed by atoms with van der Waals surface area (Å²) in [6, 6.07) is 67.9. The highest BCUT2D eigenvalue weighted by Gasteiger charge is 2.28. The topological polar surface area (TPSA) is 6.48 Å². The van der Waals surface area contributed by atoms with Gasteiger partial charge in [-0.05, 0) is 153 Å². The average Bonchev–Trinajstić information content (AvgIpc) is 3.31. The molecule has 0 aliphatic heterocycles. The van der Waals surface area contributed by atoms with Gasteiger partial charge in [0.15, 0.2) is 0 Å². The van der Waals surface area contributed by atoms with E-state index in [9.17, 15) is 0 Å². The van der Waals surface area contributed by atoms with Crippen LogP contribution >= 0.6 is 0 Å². The molecule has 0 unspecified atom stereocenters. The van der Waals surface area contributed by atoms with Gasteiger partial charge in [0.1, 0.15) is 0 Å². The van der Waals surface area contributed by atoms with Crippen LogP contribution in [0.1, 0.15) is 72.9 Å². The van der Waals surface area contributed by atoms with Crippen molar-refractivity contribution in [3.8, 4) is 22.3 Å². The smallest absolute Gasteiger partial charge is 0.0543 e. The van der Waals surface area contributed by atoms with E-state index in [1.807, 2.05) is 0 Å². The van der Waals surface area contributed by atoms with Crippen LogP contribution in [0, 0.1) is 27.7 Å². The van der Waals surface area contributed by atoms with Gasteiger partial charge in [0, 0.05) is 33.5 Å². The molecular weight excluding hydrogens is 773 g/mol. The van der Waals surface area contributed by atoms with Crippen molar-refractivity contribution in [2.24, 2.45) is 0 Å². The molecule has 10 rings (SSSR count). The summed E-state index contributed by atoms with van der Waals surface area (Å²) in [4.78, 5) is 5.11. The van der Waals surface area contributed by atoms with Crippen molar-refractivity contribution in [2.45, 2.75) is 67.2 Å². The van der Waals surface area contributed by atoms with Crippen LogP contribution in [-0.4, -0.2) is 0 Å². The van der Waals surface area contributed by atoms with Crippen molar-refractivity contribution in [1.29, 1.82) is 0 Å². The number of benzene rings is 10. The predicted octanol–water partition coefficient (Wildman–Crippen LogP) is 18.3. The van der Waals surface area contributed by atoms with E-state index in [4.69, 9.17) is 0 Å². The molecule has 0 aliphatic carbocycles. The summed E-state index contributed by atoms with van der Waals surface area (Å²) in [5.41, 5.74) is 19.6. The van der Waals surface area contributed by atoms with Gasteiger partial charge in [-0.1, -0.05) is 173 Å². The maximum atomic E-state index is 2.55. The Bertz CT molecular complexity index is 3100. The minimum absolute atomic E-state index is 0.287. The number of anilines is 6. The van der Waals surface area contributed by atoms with Crippen LogP contribution in [0.5, 0.6) is 0 Å². The van der Waals surface area contributed by atoms with Crippen LogP contribution in [0.3, 0.4) is 0 Å². The van der Waals surface area contributed by atoms with E-state index in [1.165, 1.54) is 122 Å². The summed E-state index contributed by atoms with van der Waals surface area (Å²) in [6.45, 7) is 18.4. The average molecular weight is 829 g/mol. The SMILES string of the molecule is Cc1ccccc1N(c1cc(-c2ccccc2)ccc1C)c1cc(C(C)C)c2ccc3c(N(c4ccccc4C)c4cc(-c5ccccc5)ccc4C)cc(C(C)C)c4ccc1c2c43. The van der Waals surface area contributed by atoms with Crippen LogP contribution in [-0.2, 0) is 0 Å². The second-order valence-electron chi connectivity index (χ2n) is 18.3. The number of aryl methyl sites for hydroxylation is 4. The number of para-hydroxylation sites is 2. The molecule has 64 heavy (non-hydrogen) atoms. The van der Waals surface area contributed by atoms with Crippen LogP contribution in [0.25, 0.3) is 54.6 Å². The highest BCUT2D eigenvalue weighted by atomic mass is 15.2. The van der Waals surface area contributed by atoms with Gasteiger partial charge in [0.05, 0.1) is 11.4 Å². The zero-order valence-electron chi connectivity index (χ0n) is 38.4. The molecule has 0 fully saturated rings. The molecule has 2 nitrogen and oxygen atoms in total. The summed E-state index contributed by atoms with van der Waals surface area (Å²) >= 11 is 0. The van der Waals surface area contributed by atoms with Crippen molar-refractivity contribution in [3.63, 3.8) is 0 Å².